The third-order valence-corrected chi connectivity index (χ3v) is 2.60. The Morgan fingerprint density at radius 1 is 1.12 bits per heavy atom. The molecule has 0 aromatic heterocycles. The molecule has 5 heteroatoms. The monoisotopic (exact) mass is 247 g/mol. The van der Waals surface area contributed by atoms with Gasteiger partial charge in [0.05, 0.1) is 19.8 Å². The highest BCUT2D eigenvalue weighted by Gasteiger charge is 2.32. The maximum absolute atomic E-state index is 11.7. The minimum absolute atomic E-state index is 0.240. The number of hydrogen-bond acceptors (Lipinski definition) is 5. The van der Waals surface area contributed by atoms with Crippen LogP contribution in [0, 0.1) is 0 Å². The lowest BCUT2D eigenvalue weighted by Crippen LogP contribution is -2.49. The van der Waals surface area contributed by atoms with Gasteiger partial charge in [-0.15, -0.1) is 0 Å². The van der Waals surface area contributed by atoms with Gasteiger partial charge in [-0.2, -0.15) is 0 Å². The third kappa shape index (κ3) is 6.61. The van der Waals surface area contributed by atoms with Crippen LogP contribution in [0.4, 0.5) is 0 Å². The maximum atomic E-state index is 11.7. The Morgan fingerprint density at radius 3 is 2.29 bits per heavy atom. The second-order valence-corrected chi connectivity index (χ2v) is 3.86. The molecule has 17 heavy (non-hydrogen) atoms. The quantitative estimate of drug-likeness (QED) is 0.460. The number of hydrogen-bond donors (Lipinski definition) is 1. The van der Waals surface area contributed by atoms with E-state index in [1.165, 1.54) is 0 Å². The van der Waals surface area contributed by atoms with Gasteiger partial charge in [0.15, 0.2) is 0 Å². The van der Waals surface area contributed by atoms with Crippen LogP contribution in [-0.4, -0.2) is 51.6 Å². The molecule has 0 fully saturated rings. The predicted octanol–water partition coefficient (Wildman–Crippen LogP) is 0.971. The van der Waals surface area contributed by atoms with E-state index in [-0.39, 0.29) is 5.97 Å². The van der Waals surface area contributed by atoms with E-state index in [2.05, 4.69) is 5.32 Å². The van der Waals surface area contributed by atoms with Crippen molar-refractivity contribution in [2.75, 3.05) is 40.1 Å². The zero-order valence-corrected chi connectivity index (χ0v) is 11.4. The van der Waals surface area contributed by atoms with E-state index in [9.17, 15) is 4.79 Å². The zero-order chi connectivity index (χ0) is 13.1. The van der Waals surface area contributed by atoms with Gasteiger partial charge >= 0.3 is 5.97 Å². The van der Waals surface area contributed by atoms with Crippen molar-refractivity contribution in [3.63, 3.8) is 0 Å². The van der Waals surface area contributed by atoms with Crippen molar-refractivity contribution in [1.82, 2.24) is 5.32 Å². The van der Waals surface area contributed by atoms with Crippen LogP contribution in [0.15, 0.2) is 0 Å². The first-order chi connectivity index (χ1) is 8.10. The molecule has 0 saturated heterocycles. The van der Waals surface area contributed by atoms with E-state index in [4.69, 9.17) is 14.2 Å². The van der Waals surface area contributed by atoms with E-state index in [1.807, 2.05) is 13.8 Å². The lowest BCUT2D eigenvalue weighted by Gasteiger charge is -2.26. The van der Waals surface area contributed by atoms with Gasteiger partial charge in [-0.05, 0) is 34.2 Å². The fraction of sp³-hybridized carbons (Fsp3) is 0.917. The molecule has 0 amide bonds. The molecule has 0 aromatic carbocycles. The Balaban J connectivity index is 3.83. The Hall–Kier alpha value is -0.650. The number of carbonyl (C=O) groups excluding carboxylic acids is 1. The average Bonchev–Trinajstić information content (AvgIpc) is 2.33. The van der Waals surface area contributed by atoms with Crippen LogP contribution >= 0.6 is 0 Å². The van der Waals surface area contributed by atoms with Crippen LogP contribution in [0.1, 0.15) is 27.2 Å². The zero-order valence-electron chi connectivity index (χ0n) is 11.4. The van der Waals surface area contributed by atoms with E-state index in [1.54, 1.807) is 14.0 Å². The number of esters is 1. The number of nitrogens with one attached hydrogen (secondary N) is 1. The molecule has 0 radical (unpaired) electrons. The molecule has 1 N–H and O–H groups in total. The SMILES string of the molecule is CCOCCOCCC(C)(NC)C(=O)OCC. The summed E-state index contributed by atoms with van der Waals surface area (Å²) in [5, 5.41) is 2.98. The fourth-order valence-corrected chi connectivity index (χ4v) is 1.26. The maximum Gasteiger partial charge on any atom is 0.326 e. The molecular weight excluding hydrogens is 222 g/mol. The van der Waals surface area contributed by atoms with Gasteiger partial charge in [0.1, 0.15) is 5.54 Å². The van der Waals surface area contributed by atoms with Gasteiger partial charge in [0, 0.05) is 13.2 Å². The highest BCUT2D eigenvalue weighted by atomic mass is 16.5. The molecule has 0 spiro atoms. The summed E-state index contributed by atoms with van der Waals surface area (Å²) in [6.45, 7) is 8.29. The van der Waals surface area contributed by atoms with Gasteiger partial charge < -0.3 is 19.5 Å². The molecule has 1 atom stereocenters. The average molecular weight is 247 g/mol. The lowest BCUT2D eigenvalue weighted by molar-refractivity contribution is -0.151. The standard InChI is InChI=1S/C12H25NO4/c1-5-15-9-10-16-8-7-12(3,13-4)11(14)17-6-2/h13H,5-10H2,1-4H3. The minimum atomic E-state index is -0.679. The highest BCUT2D eigenvalue weighted by molar-refractivity contribution is 5.80. The summed E-state index contributed by atoms with van der Waals surface area (Å²) in [7, 11) is 1.75. The number of ether oxygens (including phenoxy) is 3. The molecule has 102 valence electrons. The molecular formula is C12H25NO4. The van der Waals surface area contributed by atoms with E-state index in [0.717, 1.165) is 0 Å². The molecule has 0 aliphatic heterocycles. The molecule has 5 nitrogen and oxygen atoms in total. The Bertz CT molecular complexity index is 211. The van der Waals surface area contributed by atoms with Crippen LogP contribution in [0.2, 0.25) is 0 Å². The van der Waals surface area contributed by atoms with Gasteiger partial charge in [-0.25, -0.2) is 0 Å². The molecule has 0 aliphatic rings. The topological polar surface area (TPSA) is 56.8 Å². The summed E-state index contributed by atoms with van der Waals surface area (Å²) in [5.41, 5.74) is -0.679. The van der Waals surface area contributed by atoms with E-state index < -0.39 is 5.54 Å². The number of carbonyl (C=O) groups is 1. The van der Waals surface area contributed by atoms with Crippen LogP contribution in [0.3, 0.4) is 0 Å². The van der Waals surface area contributed by atoms with Crippen molar-refractivity contribution >= 4 is 5.97 Å². The number of likely N-dealkylation sites (N-methyl/N-ethyl adjacent to an activating group) is 1. The van der Waals surface area contributed by atoms with Crippen LogP contribution < -0.4 is 5.32 Å². The summed E-state index contributed by atoms with van der Waals surface area (Å²) in [6.07, 6.45) is 0.578. The normalized spacial score (nSPS) is 14.4. The Labute approximate surface area is 104 Å². The van der Waals surface area contributed by atoms with Gasteiger partial charge in [0.25, 0.3) is 0 Å². The molecule has 0 aromatic rings. The van der Waals surface area contributed by atoms with Crippen LogP contribution in [-0.2, 0) is 19.0 Å². The smallest absolute Gasteiger partial charge is 0.326 e. The fourth-order valence-electron chi connectivity index (χ4n) is 1.26. The Kier molecular flexibility index (Phi) is 9.03. The van der Waals surface area contributed by atoms with Gasteiger partial charge in [-0.1, -0.05) is 0 Å². The highest BCUT2D eigenvalue weighted by Crippen LogP contribution is 2.11. The van der Waals surface area contributed by atoms with Crippen molar-refractivity contribution in [2.45, 2.75) is 32.7 Å². The third-order valence-electron chi connectivity index (χ3n) is 2.60. The van der Waals surface area contributed by atoms with Crippen LogP contribution in [0.5, 0.6) is 0 Å². The van der Waals surface area contributed by atoms with Crippen molar-refractivity contribution < 1.29 is 19.0 Å². The minimum Gasteiger partial charge on any atom is -0.465 e. The van der Waals surface area contributed by atoms with Crippen LogP contribution in [0.25, 0.3) is 0 Å². The van der Waals surface area contributed by atoms with Crippen molar-refractivity contribution in [1.29, 1.82) is 0 Å². The van der Waals surface area contributed by atoms with Gasteiger partial charge in [-0.3, -0.25) is 4.79 Å². The van der Waals surface area contributed by atoms with Crippen molar-refractivity contribution in [2.24, 2.45) is 0 Å². The second-order valence-electron chi connectivity index (χ2n) is 3.86. The molecule has 0 saturated carbocycles. The van der Waals surface area contributed by atoms with Crippen molar-refractivity contribution in [3.8, 4) is 0 Å². The molecule has 0 bridgehead atoms. The Morgan fingerprint density at radius 2 is 1.76 bits per heavy atom. The summed E-state index contributed by atoms with van der Waals surface area (Å²) < 4.78 is 15.5. The second kappa shape index (κ2) is 9.39. The summed E-state index contributed by atoms with van der Waals surface area (Å²) in [5.74, 6) is -0.240. The van der Waals surface area contributed by atoms with Crippen molar-refractivity contribution in [3.05, 3.63) is 0 Å². The molecule has 0 heterocycles. The summed E-state index contributed by atoms with van der Waals surface area (Å²) >= 11 is 0. The largest absolute Gasteiger partial charge is 0.465 e. The van der Waals surface area contributed by atoms with E-state index >= 15 is 0 Å². The lowest BCUT2D eigenvalue weighted by atomic mass is 9.99. The first kappa shape index (κ1) is 16.4. The first-order valence-corrected chi connectivity index (χ1v) is 6.12. The summed E-state index contributed by atoms with van der Waals surface area (Å²) in [6, 6.07) is 0. The molecule has 0 aliphatic carbocycles. The summed E-state index contributed by atoms with van der Waals surface area (Å²) in [4.78, 5) is 11.7. The van der Waals surface area contributed by atoms with Gasteiger partial charge in [0.2, 0.25) is 0 Å². The van der Waals surface area contributed by atoms with E-state index in [0.29, 0.717) is 39.5 Å². The number of rotatable bonds is 10. The first-order valence-electron chi connectivity index (χ1n) is 6.12. The molecule has 1 unspecified atom stereocenters. The molecule has 0 rings (SSSR count). The predicted molar refractivity (Wildman–Crippen MR) is 66.0 cm³/mol.